The lowest BCUT2D eigenvalue weighted by Gasteiger charge is -2.26. The lowest BCUT2D eigenvalue weighted by atomic mass is 9.78. The summed E-state index contributed by atoms with van der Waals surface area (Å²) in [6.07, 6.45) is 13.2. The van der Waals surface area contributed by atoms with Gasteiger partial charge in [0.1, 0.15) is 0 Å². The van der Waals surface area contributed by atoms with Crippen LogP contribution in [-0.4, -0.2) is 0 Å². The normalized spacial score (nSPS) is 54.9. The summed E-state index contributed by atoms with van der Waals surface area (Å²) < 4.78 is 0. The van der Waals surface area contributed by atoms with Crippen molar-refractivity contribution in [3.05, 3.63) is 11.6 Å². The number of hydrogen-bond donors (Lipinski definition) is 0. The Balaban J connectivity index is 1.72. The van der Waals surface area contributed by atoms with Gasteiger partial charge in [0.15, 0.2) is 0 Å². The maximum Gasteiger partial charge on any atom is -0.0101 e. The Morgan fingerprint density at radius 2 is 1.88 bits per heavy atom. The summed E-state index contributed by atoms with van der Waals surface area (Å²) in [6.45, 7) is 4.85. The fraction of sp³-hybridized carbons (Fsp3) is 0.882. The highest BCUT2D eigenvalue weighted by Crippen LogP contribution is 2.83. The van der Waals surface area contributed by atoms with Crippen molar-refractivity contribution in [3.8, 4) is 0 Å². The molecule has 0 saturated heterocycles. The third-order valence-corrected chi connectivity index (χ3v) is 6.93. The van der Waals surface area contributed by atoms with Crippen LogP contribution in [0.3, 0.4) is 0 Å². The van der Waals surface area contributed by atoms with E-state index in [2.05, 4.69) is 19.9 Å². The van der Waals surface area contributed by atoms with E-state index in [0.717, 1.165) is 35.0 Å². The van der Waals surface area contributed by atoms with Gasteiger partial charge in [0.05, 0.1) is 0 Å². The quantitative estimate of drug-likeness (QED) is 0.597. The molecule has 0 aromatic rings. The standard InChI is InChI=1S/C17H26/c1-3-11-10-14-12-8-6-5-7-9-13(12)16-15(11)17(14,16)4-2/h10,12-16H,3-9H2,1-2H3. The highest BCUT2D eigenvalue weighted by molar-refractivity contribution is 5.41. The average Bonchev–Trinajstić information content (AvgIpc) is 2.94. The summed E-state index contributed by atoms with van der Waals surface area (Å²) in [5, 5.41) is 0. The molecule has 4 aliphatic rings. The van der Waals surface area contributed by atoms with E-state index in [1.54, 1.807) is 12.8 Å². The van der Waals surface area contributed by atoms with E-state index in [4.69, 9.17) is 0 Å². The van der Waals surface area contributed by atoms with Crippen molar-refractivity contribution in [2.45, 2.75) is 58.8 Å². The highest BCUT2D eigenvalue weighted by atomic mass is 14.8. The molecule has 0 heteroatoms. The fourth-order valence-corrected chi connectivity index (χ4v) is 6.44. The molecule has 0 N–H and O–H groups in total. The molecule has 0 nitrogen and oxygen atoms in total. The highest BCUT2D eigenvalue weighted by Gasteiger charge is 2.78. The van der Waals surface area contributed by atoms with Gasteiger partial charge in [0.2, 0.25) is 0 Å². The second kappa shape index (κ2) is 3.39. The van der Waals surface area contributed by atoms with Crippen molar-refractivity contribution in [1.82, 2.24) is 0 Å². The van der Waals surface area contributed by atoms with Gasteiger partial charge in [-0.1, -0.05) is 44.8 Å². The zero-order valence-electron chi connectivity index (χ0n) is 11.4. The summed E-state index contributed by atoms with van der Waals surface area (Å²) in [5.74, 6) is 5.37. The van der Waals surface area contributed by atoms with Crippen molar-refractivity contribution in [1.29, 1.82) is 0 Å². The molecule has 4 aliphatic carbocycles. The first-order valence-electron chi connectivity index (χ1n) is 8.05. The zero-order chi connectivity index (χ0) is 11.6. The maximum atomic E-state index is 2.75. The third kappa shape index (κ3) is 1.07. The van der Waals surface area contributed by atoms with Crippen LogP contribution < -0.4 is 0 Å². The van der Waals surface area contributed by atoms with E-state index >= 15 is 0 Å². The number of hydrogen-bond acceptors (Lipinski definition) is 0. The molecule has 0 amide bonds. The molecule has 0 heterocycles. The van der Waals surface area contributed by atoms with Crippen LogP contribution in [0.4, 0.5) is 0 Å². The molecule has 0 aliphatic heterocycles. The molecule has 0 aromatic heterocycles. The van der Waals surface area contributed by atoms with Gasteiger partial charge in [-0.25, -0.2) is 0 Å². The summed E-state index contributed by atoms with van der Waals surface area (Å²) in [7, 11) is 0. The first-order valence-corrected chi connectivity index (χ1v) is 8.05. The second-order valence-corrected chi connectivity index (χ2v) is 7.06. The molecule has 0 radical (unpaired) electrons. The van der Waals surface area contributed by atoms with Crippen molar-refractivity contribution < 1.29 is 0 Å². The van der Waals surface area contributed by atoms with Crippen LogP contribution in [0.25, 0.3) is 0 Å². The van der Waals surface area contributed by atoms with E-state index in [1.165, 1.54) is 32.1 Å². The average molecular weight is 230 g/mol. The third-order valence-electron chi connectivity index (χ3n) is 6.93. The Bertz CT molecular complexity index is 366. The Kier molecular flexibility index (Phi) is 2.13. The van der Waals surface area contributed by atoms with Gasteiger partial charge in [0.25, 0.3) is 0 Å². The van der Waals surface area contributed by atoms with Crippen LogP contribution >= 0.6 is 0 Å². The van der Waals surface area contributed by atoms with Crippen LogP contribution in [0.5, 0.6) is 0 Å². The molecule has 3 fully saturated rings. The molecule has 6 unspecified atom stereocenters. The SMILES string of the molecule is CCC1=CC2C3CCCCCC3C3C1C23CC. The van der Waals surface area contributed by atoms with Gasteiger partial charge < -0.3 is 0 Å². The summed E-state index contributed by atoms with van der Waals surface area (Å²) in [4.78, 5) is 0. The summed E-state index contributed by atoms with van der Waals surface area (Å²) >= 11 is 0. The molecule has 94 valence electrons. The topological polar surface area (TPSA) is 0 Å². The van der Waals surface area contributed by atoms with Gasteiger partial charge in [0, 0.05) is 0 Å². The minimum Gasteiger partial charge on any atom is -0.0810 e. The van der Waals surface area contributed by atoms with E-state index in [0.29, 0.717) is 0 Å². The van der Waals surface area contributed by atoms with Crippen LogP contribution in [0.1, 0.15) is 58.8 Å². The Morgan fingerprint density at radius 1 is 1.12 bits per heavy atom. The molecule has 6 atom stereocenters. The molecule has 0 spiro atoms. The first-order chi connectivity index (χ1) is 8.34. The molecule has 0 aromatic carbocycles. The van der Waals surface area contributed by atoms with Gasteiger partial charge >= 0.3 is 0 Å². The number of rotatable bonds is 2. The summed E-state index contributed by atoms with van der Waals surface area (Å²) in [5.41, 5.74) is 2.65. The largest absolute Gasteiger partial charge is 0.0810 e. The van der Waals surface area contributed by atoms with Crippen molar-refractivity contribution in [2.75, 3.05) is 0 Å². The van der Waals surface area contributed by atoms with Crippen molar-refractivity contribution in [3.63, 3.8) is 0 Å². The molecule has 4 rings (SSSR count). The monoisotopic (exact) mass is 230 g/mol. The molecule has 3 saturated carbocycles. The number of fused-ring (bicyclic) bond motifs is 4. The van der Waals surface area contributed by atoms with Gasteiger partial charge in [-0.05, 0) is 60.7 Å². The predicted molar refractivity (Wildman–Crippen MR) is 71.6 cm³/mol. The lowest BCUT2D eigenvalue weighted by molar-refractivity contribution is 0.244. The minimum atomic E-state index is 0.790. The first kappa shape index (κ1) is 10.6. The van der Waals surface area contributed by atoms with Gasteiger partial charge in [-0.15, -0.1) is 0 Å². The van der Waals surface area contributed by atoms with Crippen LogP contribution in [-0.2, 0) is 0 Å². The van der Waals surface area contributed by atoms with E-state index in [9.17, 15) is 0 Å². The van der Waals surface area contributed by atoms with Gasteiger partial charge in [-0.2, -0.15) is 0 Å². The smallest absolute Gasteiger partial charge is 0.0101 e. The Hall–Kier alpha value is -0.260. The fourth-order valence-electron chi connectivity index (χ4n) is 6.44. The second-order valence-electron chi connectivity index (χ2n) is 7.06. The van der Waals surface area contributed by atoms with Crippen molar-refractivity contribution >= 4 is 0 Å². The lowest BCUT2D eigenvalue weighted by Crippen LogP contribution is -2.20. The van der Waals surface area contributed by atoms with Gasteiger partial charge in [-0.3, -0.25) is 0 Å². The Labute approximate surface area is 106 Å². The maximum absolute atomic E-state index is 2.75. The van der Waals surface area contributed by atoms with Crippen LogP contribution in [0.15, 0.2) is 11.6 Å². The number of allylic oxidation sites excluding steroid dienone is 2. The predicted octanol–water partition coefficient (Wildman–Crippen LogP) is 4.81. The van der Waals surface area contributed by atoms with E-state index in [-0.39, 0.29) is 0 Å². The van der Waals surface area contributed by atoms with Crippen LogP contribution in [0, 0.1) is 35.0 Å². The zero-order valence-corrected chi connectivity index (χ0v) is 11.4. The minimum absolute atomic E-state index is 0.790. The molecular formula is C17H26. The van der Waals surface area contributed by atoms with Crippen LogP contribution in [0.2, 0.25) is 0 Å². The van der Waals surface area contributed by atoms with E-state index < -0.39 is 0 Å². The van der Waals surface area contributed by atoms with Crippen molar-refractivity contribution in [2.24, 2.45) is 35.0 Å². The summed E-state index contributed by atoms with van der Waals surface area (Å²) in [6, 6.07) is 0. The Morgan fingerprint density at radius 3 is 2.59 bits per heavy atom. The molecule has 0 bridgehead atoms. The molecule has 17 heavy (non-hydrogen) atoms. The van der Waals surface area contributed by atoms with E-state index in [1.807, 2.05) is 5.57 Å². The molecular weight excluding hydrogens is 204 g/mol.